The van der Waals surface area contributed by atoms with Crippen LogP contribution < -0.4 is 11.1 Å². The highest BCUT2D eigenvalue weighted by molar-refractivity contribution is 6.02. The van der Waals surface area contributed by atoms with Crippen molar-refractivity contribution in [2.24, 2.45) is 5.73 Å². The van der Waals surface area contributed by atoms with Gasteiger partial charge in [0.2, 0.25) is 0 Å². The molecule has 0 unspecified atom stereocenters. The van der Waals surface area contributed by atoms with Crippen molar-refractivity contribution >= 4 is 11.6 Å². The Morgan fingerprint density at radius 1 is 1.05 bits per heavy atom. The van der Waals surface area contributed by atoms with E-state index < -0.39 is 17.6 Å². The van der Waals surface area contributed by atoms with Crippen LogP contribution >= 0.6 is 0 Å². The molecule has 0 aromatic heterocycles. The first-order chi connectivity index (χ1) is 9.86. The Morgan fingerprint density at radius 2 is 1.67 bits per heavy atom. The van der Waals surface area contributed by atoms with Crippen molar-refractivity contribution in [1.29, 1.82) is 0 Å². The third kappa shape index (κ3) is 2.84. The van der Waals surface area contributed by atoms with Crippen LogP contribution in [0.1, 0.15) is 15.9 Å². The summed E-state index contributed by atoms with van der Waals surface area (Å²) in [5.74, 6) is -0.703. The lowest BCUT2D eigenvalue weighted by Gasteiger charge is -2.17. The molecule has 0 saturated heterocycles. The molecular weight excluding hydrogens is 281 g/mol. The predicted octanol–water partition coefficient (Wildman–Crippen LogP) is 3.51. The molecule has 3 N–H and O–H groups in total. The zero-order valence-corrected chi connectivity index (χ0v) is 11.2. The summed E-state index contributed by atoms with van der Waals surface area (Å²) < 4.78 is 39.4. The maximum Gasteiger partial charge on any atom is 0.417 e. The van der Waals surface area contributed by atoms with Crippen molar-refractivity contribution in [3.63, 3.8) is 0 Å². The molecule has 3 nitrogen and oxygen atoms in total. The second-order valence-corrected chi connectivity index (χ2v) is 4.39. The van der Waals surface area contributed by atoms with Crippen LogP contribution in [0.3, 0.4) is 0 Å². The number of nitrogens with two attached hydrogens (primary N) is 1. The summed E-state index contributed by atoms with van der Waals surface area (Å²) in [6.07, 6.45) is -4.48. The number of hydrogen-bond acceptors (Lipinski definition) is 2. The summed E-state index contributed by atoms with van der Waals surface area (Å²) in [6.45, 7) is 0. The van der Waals surface area contributed by atoms with Gasteiger partial charge in [-0.1, -0.05) is 30.3 Å². The van der Waals surface area contributed by atoms with E-state index in [1.165, 1.54) is 43.4 Å². The molecule has 0 bridgehead atoms. The fourth-order valence-electron chi connectivity index (χ4n) is 2.22. The van der Waals surface area contributed by atoms with Gasteiger partial charge in [0.15, 0.2) is 0 Å². The van der Waals surface area contributed by atoms with Crippen LogP contribution in [-0.2, 0) is 6.18 Å². The predicted molar refractivity (Wildman–Crippen MR) is 74.9 cm³/mol. The Labute approximate surface area is 119 Å². The van der Waals surface area contributed by atoms with E-state index in [-0.39, 0.29) is 22.4 Å². The van der Waals surface area contributed by atoms with Gasteiger partial charge in [0.05, 0.1) is 16.8 Å². The van der Waals surface area contributed by atoms with E-state index in [4.69, 9.17) is 5.73 Å². The van der Waals surface area contributed by atoms with E-state index in [9.17, 15) is 18.0 Å². The van der Waals surface area contributed by atoms with E-state index in [1.807, 2.05) is 0 Å². The molecule has 0 fully saturated rings. The van der Waals surface area contributed by atoms with Gasteiger partial charge in [0, 0.05) is 12.6 Å². The molecule has 0 saturated carbocycles. The van der Waals surface area contributed by atoms with Crippen LogP contribution in [0.5, 0.6) is 0 Å². The highest BCUT2D eigenvalue weighted by Gasteiger charge is 2.34. The number of hydrogen-bond donors (Lipinski definition) is 2. The Hall–Kier alpha value is -2.50. The number of primary amides is 1. The zero-order valence-electron chi connectivity index (χ0n) is 11.2. The van der Waals surface area contributed by atoms with Crippen molar-refractivity contribution in [2.45, 2.75) is 6.18 Å². The van der Waals surface area contributed by atoms with Crippen LogP contribution in [0, 0.1) is 0 Å². The zero-order chi connectivity index (χ0) is 15.6. The van der Waals surface area contributed by atoms with Gasteiger partial charge in [-0.25, -0.2) is 0 Å². The van der Waals surface area contributed by atoms with Crippen LogP contribution in [-0.4, -0.2) is 13.0 Å². The van der Waals surface area contributed by atoms with Gasteiger partial charge >= 0.3 is 6.18 Å². The third-order valence-electron chi connectivity index (χ3n) is 3.10. The van der Waals surface area contributed by atoms with Gasteiger partial charge < -0.3 is 11.1 Å². The van der Waals surface area contributed by atoms with Crippen LogP contribution in [0.15, 0.2) is 42.5 Å². The molecule has 110 valence electrons. The number of nitrogens with one attached hydrogen (secondary N) is 1. The van der Waals surface area contributed by atoms with Gasteiger partial charge in [-0.15, -0.1) is 0 Å². The first-order valence-corrected chi connectivity index (χ1v) is 6.13. The highest BCUT2D eigenvalue weighted by atomic mass is 19.4. The average Bonchev–Trinajstić information content (AvgIpc) is 2.45. The van der Waals surface area contributed by atoms with Gasteiger partial charge in [-0.3, -0.25) is 4.79 Å². The van der Waals surface area contributed by atoms with Crippen molar-refractivity contribution in [2.75, 3.05) is 12.4 Å². The third-order valence-corrected chi connectivity index (χ3v) is 3.10. The number of halogens is 3. The summed E-state index contributed by atoms with van der Waals surface area (Å²) in [6, 6.07) is 9.69. The average molecular weight is 294 g/mol. The van der Waals surface area contributed by atoms with Gasteiger partial charge in [0.1, 0.15) is 0 Å². The molecule has 0 aliphatic heterocycles. The van der Waals surface area contributed by atoms with Crippen molar-refractivity contribution in [1.82, 2.24) is 0 Å². The molecule has 0 aliphatic rings. The van der Waals surface area contributed by atoms with Crippen molar-refractivity contribution in [3.8, 4) is 11.1 Å². The Balaban J connectivity index is 2.74. The second kappa shape index (κ2) is 5.47. The highest BCUT2D eigenvalue weighted by Crippen LogP contribution is 2.40. The number of anilines is 1. The summed E-state index contributed by atoms with van der Waals surface area (Å²) in [5.41, 5.74) is 5.20. The monoisotopic (exact) mass is 294 g/mol. The molecule has 21 heavy (non-hydrogen) atoms. The summed E-state index contributed by atoms with van der Waals surface area (Å²) in [7, 11) is 1.53. The SMILES string of the molecule is CNc1c(C(N)=O)cccc1-c1ccccc1C(F)(F)F. The Morgan fingerprint density at radius 3 is 2.24 bits per heavy atom. The molecular formula is C15H13F3N2O. The second-order valence-electron chi connectivity index (χ2n) is 4.39. The van der Waals surface area contributed by atoms with E-state index in [2.05, 4.69) is 5.32 Å². The van der Waals surface area contributed by atoms with E-state index in [1.54, 1.807) is 0 Å². The van der Waals surface area contributed by atoms with Gasteiger partial charge in [-0.2, -0.15) is 13.2 Å². The molecule has 6 heteroatoms. The minimum absolute atomic E-state index is 0.00236. The lowest BCUT2D eigenvalue weighted by atomic mass is 9.95. The van der Waals surface area contributed by atoms with E-state index >= 15 is 0 Å². The molecule has 0 heterocycles. The molecule has 2 aromatic carbocycles. The number of benzene rings is 2. The lowest BCUT2D eigenvalue weighted by molar-refractivity contribution is -0.137. The minimum Gasteiger partial charge on any atom is -0.387 e. The van der Waals surface area contributed by atoms with Crippen molar-refractivity contribution < 1.29 is 18.0 Å². The van der Waals surface area contributed by atoms with Crippen LogP contribution in [0.25, 0.3) is 11.1 Å². The number of rotatable bonds is 3. The van der Waals surface area contributed by atoms with Gasteiger partial charge in [0.25, 0.3) is 5.91 Å². The Bertz CT molecular complexity index is 681. The fourth-order valence-corrected chi connectivity index (χ4v) is 2.22. The maximum atomic E-state index is 13.1. The number of para-hydroxylation sites is 1. The first-order valence-electron chi connectivity index (χ1n) is 6.13. The quantitative estimate of drug-likeness (QED) is 0.910. The number of carbonyl (C=O) groups excluding carboxylic acids is 1. The first kappa shape index (κ1) is 14.9. The number of alkyl halides is 3. The smallest absolute Gasteiger partial charge is 0.387 e. The van der Waals surface area contributed by atoms with Gasteiger partial charge in [-0.05, 0) is 17.7 Å². The molecule has 0 radical (unpaired) electrons. The maximum absolute atomic E-state index is 13.1. The van der Waals surface area contributed by atoms with Crippen LogP contribution in [0.4, 0.5) is 18.9 Å². The summed E-state index contributed by atoms with van der Waals surface area (Å²) >= 11 is 0. The summed E-state index contributed by atoms with van der Waals surface area (Å²) in [4.78, 5) is 11.4. The molecule has 0 atom stereocenters. The minimum atomic E-state index is -4.48. The number of carbonyl (C=O) groups is 1. The lowest BCUT2D eigenvalue weighted by Crippen LogP contribution is -2.14. The Kier molecular flexibility index (Phi) is 3.88. The topological polar surface area (TPSA) is 55.1 Å². The van der Waals surface area contributed by atoms with Crippen LogP contribution in [0.2, 0.25) is 0 Å². The molecule has 2 rings (SSSR count). The molecule has 2 aromatic rings. The molecule has 0 aliphatic carbocycles. The number of amides is 1. The van der Waals surface area contributed by atoms with E-state index in [0.29, 0.717) is 0 Å². The standard InChI is InChI=1S/C15H13F3N2O/c1-20-13-10(6-4-7-11(13)14(19)21)9-5-2-3-8-12(9)15(16,17)18/h2-8,20H,1H3,(H2,19,21). The summed E-state index contributed by atoms with van der Waals surface area (Å²) in [5, 5.41) is 2.75. The molecule has 0 spiro atoms. The van der Waals surface area contributed by atoms with E-state index in [0.717, 1.165) is 6.07 Å². The van der Waals surface area contributed by atoms with Crippen molar-refractivity contribution in [3.05, 3.63) is 53.6 Å². The normalized spacial score (nSPS) is 11.2. The largest absolute Gasteiger partial charge is 0.417 e. The fraction of sp³-hybridized carbons (Fsp3) is 0.133. The molecule has 1 amide bonds.